The highest BCUT2D eigenvalue weighted by Gasteiger charge is 2.26. The molecule has 2 heterocycles. The Labute approximate surface area is 182 Å². The van der Waals surface area contributed by atoms with Crippen LogP contribution in [0.4, 0.5) is 11.4 Å². The molecule has 2 aliphatic rings. The lowest BCUT2D eigenvalue weighted by atomic mass is 9.95. The fraction of sp³-hybridized carbons (Fsp3) is 0.417. The fourth-order valence-electron chi connectivity index (χ4n) is 4.33. The molecule has 2 amide bonds. The summed E-state index contributed by atoms with van der Waals surface area (Å²) < 4.78 is 10.7. The van der Waals surface area contributed by atoms with E-state index >= 15 is 0 Å². The van der Waals surface area contributed by atoms with Gasteiger partial charge in [-0.1, -0.05) is 17.7 Å². The van der Waals surface area contributed by atoms with Crippen molar-refractivity contribution in [2.24, 2.45) is 5.92 Å². The summed E-state index contributed by atoms with van der Waals surface area (Å²) in [6.45, 7) is 8.07. The van der Waals surface area contributed by atoms with Gasteiger partial charge in [0.2, 0.25) is 18.6 Å². The first kappa shape index (κ1) is 21.2. The molecule has 0 aromatic heterocycles. The highest BCUT2D eigenvalue weighted by molar-refractivity contribution is 5.94. The minimum atomic E-state index is -0.0636. The largest absolute Gasteiger partial charge is 0.454 e. The lowest BCUT2D eigenvalue weighted by Gasteiger charge is -2.30. The molecule has 2 aromatic rings. The Morgan fingerprint density at radius 1 is 0.968 bits per heavy atom. The third-order valence-electron chi connectivity index (χ3n) is 5.91. The molecule has 2 aliphatic heterocycles. The number of benzene rings is 2. The number of carbonyl (C=O) groups is 2. The SMILES string of the molecule is Cc1cc(C)c(NC(=O)CN2CCC(C(=O)Nc3ccc4c(c3)OCO4)CC2)c(C)c1. The van der Waals surface area contributed by atoms with E-state index in [2.05, 4.69) is 34.6 Å². The van der Waals surface area contributed by atoms with E-state index in [1.807, 2.05) is 19.9 Å². The Morgan fingerprint density at radius 3 is 2.35 bits per heavy atom. The van der Waals surface area contributed by atoms with Crippen LogP contribution in [0.25, 0.3) is 0 Å². The van der Waals surface area contributed by atoms with E-state index < -0.39 is 0 Å². The minimum absolute atomic E-state index is 0.00821. The summed E-state index contributed by atoms with van der Waals surface area (Å²) in [5.74, 6) is 1.27. The van der Waals surface area contributed by atoms with Crippen molar-refractivity contribution in [1.29, 1.82) is 0 Å². The molecule has 0 spiro atoms. The molecule has 0 bridgehead atoms. The number of piperidine rings is 1. The number of ether oxygens (including phenoxy) is 2. The lowest BCUT2D eigenvalue weighted by molar-refractivity contribution is -0.121. The van der Waals surface area contributed by atoms with Gasteiger partial charge in [-0.2, -0.15) is 0 Å². The Bertz CT molecular complexity index is 973. The second kappa shape index (κ2) is 8.98. The number of hydrogen-bond donors (Lipinski definition) is 2. The number of rotatable bonds is 5. The minimum Gasteiger partial charge on any atom is -0.454 e. The number of fused-ring (bicyclic) bond motifs is 1. The van der Waals surface area contributed by atoms with Crippen LogP contribution < -0.4 is 20.1 Å². The molecular weight excluding hydrogens is 394 g/mol. The van der Waals surface area contributed by atoms with Gasteiger partial charge in [-0.3, -0.25) is 14.5 Å². The zero-order valence-corrected chi connectivity index (χ0v) is 18.3. The second-order valence-corrected chi connectivity index (χ2v) is 8.43. The van der Waals surface area contributed by atoms with Crippen LogP contribution in [0.15, 0.2) is 30.3 Å². The number of aryl methyl sites for hydroxylation is 3. The summed E-state index contributed by atoms with van der Waals surface area (Å²) in [4.78, 5) is 27.3. The van der Waals surface area contributed by atoms with Crippen LogP contribution in [0.5, 0.6) is 11.5 Å². The maximum absolute atomic E-state index is 12.7. The van der Waals surface area contributed by atoms with Crippen LogP contribution in [-0.2, 0) is 9.59 Å². The molecule has 0 atom stereocenters. The van der Waals surface area contributed by atoms with Crippen molar-refractivity contribution in [1.82, 2.24) is 4.90 Å². The van der Waals surface area contributed by atoms with Gasteiger partial charge in [0.15, 0.2) is 11.5 Å². The van der Waals surface area contributed by atoms with E-state index in [-0.39, 0.29) is 24.5 Å². The zero-order valence-electron chi connectivity index (χ0n) is 18.3. The maximum atomic E-state index is 12.7. The van der Waals surface area contributed by atoms with Gasteiger partial charge in [0.25, 0.3) is 0 Å². The van der Waals surface area contributed by atoms with Crippen molar-refractivity contribution in [2.75, 3.05) is 37.1 Å². The summed E-state index contributed by atoms with van der Waals surface area (Å²) in [5.41, 5.74) is 4.94. The molecule has 2 aromatic carbocycles. The van der Waals surface area contributed by atoms with Gasteiger partial charge in [-0.05, 0) is 70.0 Å². The van der Waals surface area contributed by atoms with E-state index in [0.717, 1.165) is 42.7 Å². The van der Waals surface area contributed by atoms with Gasteiger partial charge in [0.1, 0.15) is 0 Å². The molecule has 2 N–H and O–H groups in total. The number of carbonyl (C=O) groups excluding carboxylic acids is 2. The van der Waals surface area contributed by atoms with E-state index in [9.17, 15) is 9.59 Å². The highest BCUT2D eigenvalue weighted by Crippen LogP contribution is 2.34. The van der Waals surface area contributed by atoms with E-state index in [1.54, 1.807) is 12.1 Å². The summed E-state index contributed by atoms with van der Waals surface area (Å²) in [6, 6.07) is 9.56. The molecule has 4 rings (SSSR count). The van der Waals surface area contributed by atoms with Crippen molar-refractivity contribution in [3.8, 4) is 11.5 Å². The Hall–Kier alpha value is -3.06. The molecule has 0 radical (unpaired) electrons. The third-order valence-corrected chi connectivity index (χ3v) is 5.91. The lowest BCUT2D eigenvalue weighted by Crippen LogP contribution is -2.41. The van der Waals surface area contributed by atoms with Crippen LogP contribution in [0.3, 0.4) is 0 Å². The summed E-state index contributed by atoms with van der Waals surface area (Å²) in [6.07, 6.45) is 1.46. The molecular formula is C24H29N3O4. The zero-order chi connectivity index (χ0) is 22.0. The van der Waals surface area contributed by atoms with Gasteiger partial charge in [0, 0.05) is 23.4 Å². The fourth-order valence-corrected chi connectivity index (χ4v) is 4.33. The molecule has 7 heteroatoms. The summed E-state index contributed by atoms with van der Waals surface area (Å²) >= 11 is 0. The van der Waals surface area contributed by atoms with Gasteiger partial charge in [0.05, 0.1) is 6.54 Å². The molecule has 0 unspecified atom stereocenters. The van der Waals surface area contributed by atoms with Crippen LogP contribution >= 0.6 is 0 Å². The van der Waals surface area contributed by atoms with Gasteiger partial charge < -0.3 is 20.1 Å². The van der Waals surface area contributed by atoms with Gasteiger partial charge in [-0.25, -0.2) is 0 Å². The first-order valence-electron chi connectivity index (χ1n) is 10.7. The Morgan fingerprint density at radius 2 is 1.65 bits per heavy atom. The second-order valence-electron chi connectivity index (χ2n) is 8.43. The molecule has 31 heavy (non-hydrogen) atoms. The van der Waals surface area contributed by atoms with Gasteiger partial charge >= 0.3 is 0 Å². The summed E-state index contributed by atoms with van der Waals surface area (Å²) in [5, 5.41) is 6.03. The molecule has 0 saturated carbocycles. The number of nitrogens with zero attached hydrogens (tertiary/aromatic N) is 1. The number of hydrogen-bond acceptors (Lipinski definition) is 5. The molecule has 0 aliphatic carbocycles. The standard InChI is InChI=1S/C24H29N3O4/c1-15-10-16(2)23(17(3)11-15)26-22(28)13-27-8-6-18(7-9-27)24(29)25-19-4-5-20-21(12-19)31-14-30-20/h4-5,10-12,18H,6-9,13-14H2,1-3H3,(H,25,29)(H,26,28). The smallest absolute Gasteiger partial charge is 0.238 e. The number of amides is 2. The number of likely N-dealkylation sites (tertiary alicyclic amines) is 1. The molecule has 164 valence electrons. The predicted octanol–water partition coefficient (Wildman–Crippen LogP) is 3.63. The molecule has 1 fully saturated rings. The van der Waals surface area contributed by atoms with Crippen molar-refractivity contribution in [3.05, 3.63) is 47.0 Å². The van der Waals surface area contributed by atoms with Crippen molar-refractivity contribution in [3.63, 3.8) is 0 Å². The van der Waals surface area contributed by atoms with Crippen LogP contribution in [-0.4, -0.2) is 43.1 Å². The van der Waals surface area contributed by atoms with Crippen LogP contribution in [0, 0.1) is 26.7 Å². The maximum Gasteiger partial charge on any atom is 0.238 e. The number of anilines is 2. The average molecular weight is 424 g/mol. The van der Waals surface area contributed by atoms with Crippen molar-refractivity contribution < 1.29 is 19.1 Å². The average Bonchev–Trinajstić information content (AvgIpc) is 3.19. The topological polar surface area (TPSA) is 79.9 Å². The van der Waals surface area contributed by atoms with Crippen LogP contribution in [0.1, 0.15) is 29.5 Å². The highest BCUT2D eigenvalue weighted by atomic mass is 16.7. The monoisotopic (exact) mass is 423 g/mol. The molecule has 1 saturated heterocycles. The Balaban J connectivity index is 1.26. The first-order valence-corrected chi connectivity index (χ1v) is 10.7. The predicted molar refractivity (Wildman–Crippen MR) is 120 cm³/mol. The van der Waals surface area contributed by atoms with E-state index in [1.165, 1.54) is 5.56 Å². The first-order chi connectivity index (χ1) is 14.9. The number of nitrogens with one attached hydrogen (secondary N) is 2. The third kappa shape index (κ3) is 4.99. The van der Waals surface area contributed by atoms with Gasteiger partial charge in [-0.15, -0.1) is 0 Å². The van der Waals surface area contributed by atoms with E-state index in [0.29, 0.717) is 23.7 Å². The summed E-state index contributed by atoms with van der Waals surface area (Å²) in [7, 11) is 0. The van der Waals surface area contributed by atoms with Crippen molar-refractivity contribution >= 4 is 23.2 Å². The Kier molecular flexibility index (Phi) is 6.13. The van der Waals surface area contributed by atoms with E-state index in [4.69, 9.17) is 9.47 Å². The van der Waals surface area contributed by atoms with Crippen molar-refractivity contribution in [2.45, 2.75) is 33.6 Å². The van der Waals surface area contributed by atoms with Crippen LogP contribution in [0.2, 0.25) is 0 Å². The normalized spacial score (nSPS) is 16.2. The quantitative estimate of drug-likeness (QED) is 0.768. The molecule has 7 nitrogen and oxygen atoms in total.